The monoisotopic (exact) mass is 564 g/mol. The maximum atomic E-state index is 2.57. The molecular formula is C42H32Si. The zero-order valence-electron chi connectivity index (χ0n) is 24.5. The molecule has 204 valence electrons. The number of rotatable bonds is 4. The van der Waals surface area contributed by atoms with Crippen LogP contribution >= 0.6 is 0 Å². The van der Waals surface area contributed by atoms with Crippen LogP contribution in [0.25, 0.3) is 65.3 Å². The van der Waals surface area contributed by atoms with Gasteiger partial charge in [0.1, 0.15) is 8.07 Å². The lowest BCUT2D eigenvalue weighted by Crippen LogP contribution is -2.54. The van der Waals surface area contributed by atoms with Gasteiger partial charge in [0.2, 0.25) is 0 Å². The average molecular weight is 565 g/mol. The topological polar surface area (TPSA) is 0 Å². The minimum Gasteiger partial charge on any atom is -0.0622 e. The molecule has 8 rings (SSSR count). The molecule has 0 nitrogen and oxygen atoms in total. The molecule has 0 aliphatic carbocycles. The highest BCUT2D eigenvalue weighted by Gasteiger charge is 2.35. The quantitative estimate of drug-likeness (QED) is 0.147. The average Bonchev–Trinajstić information content (AvgIpc) is 3.06. The van der Waals surface area contributed by atoms with Gasteiger partial charge in [-0.25, -0.2) is 0 Å². The van der Waals surface area contributed by atoms with Gasteiger partial charge in [0.25, 0.3) is 0 Å². The third-order valence-electron chi connectivity index (χ3n) is 9.24. The fraction of sp³-hybridized carbons (Fsp3) is 0.0476. The van der Waals surface area contributed by atoms with Crippen LogP contribution in [0.4, 0.5) is 0 Å². The van der Waals surface area contributed by atoms with Gasteiger partial charge in [0.15, 0.2) is 0 Å². The van der Waals surface area contributed by atoms with Gasteiger partial charge in [-0.1, -0.05) is 171 Å². The number of benzene rings is 8. The molecule has 0 fully saturated rings. The summed E-state index contributed by atoms with van der Waals surface area (Å²) in [6.45, 7) is 5.14. The maximum Gasteiger partial charge on any atom is 0.115 e. The first kappa shape index (κ1) is 25.7. The summed E-state index contributed by atoms with van der Waals surface area (Å²) in [6.07, 6.45) is 0. The van der Waals surface area contributed by atoms with E-state index in [1.807, 2.05) is 0 Å². The van der Waals surface area contributed by atoms with Crippen molar-refractivity contribution >= 4 is 61.5 Å². The molecule has 0 saturated carbocycles. The molecule has 0 N–H and O–H groups in total. The van der Waals surface area contributed by atoms with Gasteiger partial charge in [0, 0.05) is 0 Å². The first-order chi connectivity index (χ1) is 21.1. The van der Waals surface area contributed by atoms with Gasteiger partial charge in [0.05, 0.1) is 0 Å². The molecule has 0 aliphatic rings. The molecule has 0 radical (unpaired) electrons. The Morgan fingerprint density at radius 1 is 0.279 bits per heavy atom. The van der Waals surface area contributed by atoms with Crippen LogP contribution < -0.4 is 10.4 Å². The Kier molecular flexibility index (Phi) is 6.03. The van der Waals surface area contributed by atoms with Crippen LogP contribution in [0.5, 0.6) is 0 Å². The van der Waals surface area contributed by atoms with E-state index in [2.05, 4.69) is 171 Å². The van der Waals surface area contributed by atoms with Crippen molar-refractivity contribution in [3.8, 4) is 22.3 Å². The van der Waals surface area contributed by atoms with Crippen molar-refractivity contribution in [1.82, 2.24) is 0 Å². The fourth-order valence-corrected chi connectivity index (χ4v) is 11.4. The summed E-state index contributed by atoms with van der Waals surface area (Å²) < 4.78 is 0. The lowest BCUT2D eigenvalue weighted by molar-refractivity contribution is 1.67. The molecular weight excluding hydrogens is 533 g/mol. The van der Waals surface area contributed by atoms with Gasteiger partial charge in [-0.3, -0.25) is 0 Å². The van der Waals surface area contributed by atoms with Crippen LogP contribution in [0.2, 0.25) is 13.1 Å². The summed E-state index contributed by atoms with van der Waals surface area (Å²) >= 11 is 0. The molecule has 0 unspecified atom stereocenters. The Morgan fingerprint density at radius 2 is 0.512 bits per heavy atom. The fourth-order valence-electron chi connectivity index (χ4n) is 7.56. The van der Waals surface area contributed by atoms with Crippen LogP contribution in [0.1, 0.15) is 0 Å². The summed E-state index contributed by atoms with van der Waals surface area (Å²) in [7, 11) is -2.36. The molecule has 8 aromatic carbocycles. The van der Waals surface area contributed by atoms with E-state index in [0.717, 1.165) is 0 Å². The van der Waals surface area contributed by atoms with Crippen molar-refractivity contribution < 1.29 is 0 Å². The van der Waals surface area contributed by atoms with Crippen molar-refractivity contribution in [2.75, 3.05) is 0 Å². The summed E-state index contributed by atoms with van der Waals surface area (Å²) in [6, 6.07) is 58.2. The first-order valence-electron chi connectivity index (χ1n) is 15.1. The minimum absolute atomic E-state index is 1.27. The van der Waals surface area contributed by atoms with E-state index in [1.54, 1.807) is 0 Å². The van der Waals surface area contributed by atoms with Gasteiger partial charge in [-0.15, -0.1) is 0 Å². The van der Waals surface area contributed by atoms with Gasteiger partial charge in [-0.2, -0.15) is 0 Å². The second-order valence-corrected chi connectivity index (χ2v) is 16.3. The highest BCUT2D eigenvalue weighted by atomic mass is 28.3. The lowest BCUT2D eigenvalue weighted by Gasteiger charge is -2.32. The van der Waals surface area contributed by atoms with Crippen LogP contribution in [0, 0.1) is 0 Å². The smallest absolute Gasteiger partial charge is 0.0622 e. The molecule has 0 heterocycles. The Labute approximate surface area is 253 Å². The Bertz CT molecular complexity index is 2020. The standard InChI is InChI=1S/C42H32Si/c1-43(2,41-35-25-13-9-21-31(35)39(29-17-5-3-6-18-29)32-22-10-14-26-36(32)41)42-37-27-15-11-23-33(37)40(30-19-7-4-8-20-30)34-24-12-16-28-38(34)42/h3-28H,1-2H3. The summed E-state index contributed by atoms with van der Waals surface area (Å²) in [5, 5.41) is 13.8. The molecule has 0 amide bonds. The molecule has 43 heavy (non-hydrogen) atoms. The zero-order valence-corrected chi connectivity index (χ0v) is 25.5. The molecule has 0 spiro atoms. The van der Waals surface area contributed by atoms with E-state index in [0.29, 0.717) is 0 Å². The van der Waals surface area contributed by atoms with E-state index < -0.39 is 8.07 Å². The normalized spacial score (nSPS) is 12.0. The van der Waals surface area contributed by atoms with Crippen molar-refractivity contribution in [2.45, 2.75) is 13.1 Å². The third kappa shape index (κ3) is 3.96. The molecule has 1 heteroatoms. The zero-order chi connectivity index (χ0) is 29.0. The van der Waals surface area contributed by atoms with Gasteiger partial charge < -0.3 is 0 Å². The SMILES string of the molecule is C[Si](C)(c1c2ccccc2c(-c2ccccc2)c2ccccc12)c1c2ccccc2c(-c2ccccc2)c2ccccc12. The van der Waals surface area contributed by atoms with Crippen LogP contribution in [0.3, 0.4) is 0 Å². The highest BCUT2D eigenvalue weighted by Crippen LogP contribution is 2.40. The Morgan fingerprint density at radius 3 is 0.791 bits per heavy atom. The summed E-state index contributed by atoms with van der Waals surface area (Å²) in [5.74, 6) is 0. The maximum absolute atomic E-state index is 2.57. The van der Waals surface area contributed by atoms with Gasteiger partial charge >= 0.3 is 0 Å². The van der Waals surface area contributed by atoms with Crippen LogP contribution in [-0.4, -0.2) is 8.07 Å². The Balaban J connectivity index is 1.54. The van der Waals surface area contributed by atoms with Gasteiger partial charge in [-0.05, 0) is 75.7 Å². The Hall–Kier alpha value is -4.98. The predicted molar refractivity (Wildman–Crippen MR) is 191 cm³/mol. The molecule has 0 bridgehead atoms. The van der Waals surface area contributed by atoms with Crippen LogP contribution in [-0.2, 0) is 0 Å². The largest absolute Gasteiger partial charge is 0.115 e. The van der Waals surface area contributed by atoms with Crippen LogP contribution in [0.15, 0.2) is 158 Å². The van der Waals surface area contributed by atoms with E-state index >= 15 is 0 Å². The number of fused-ring (bicyclic) bond motifs is 4. The first-order valence-corrected chi connectivity index (χ1v) is 18.1. The van der Waals surface area contributed by atoms with Crippen molar-refractivity contribution in [2.24, 2.45) is 0 Å². The molecule has 0 saturated heterocycles. The second kappa shape index (κ2) is 10.1. The minimum atomic E-state index is -2.36. The highest BCUT2D eigenvalue weighted by molar-refractivity contribution is 7.05. The number of hydrogen-bond acceptors (Lipinski definition) is 0. The predicted octanol–water partition coefficient (Wildman–Crippen LogP) is 10.5. The van der Waals surface area contributed by atoms with E-state index in [4.69, 9.17) is 0 Å². The molecule has 0 aliphatic heterocycles. The molecule has 0 aromatic heterocycles. The molecule has 8 aromatic rings. The summed E-state index contributed by atoms with van der Waals surface area (Å²) in [4.78, 5) is 0. The number of hydrogen-bond donors (Lipinski definition) is 0. The van der Waals surface area contributed by atoms with Crippen molar-refractivity contribution in [1.29, 1.82) is 0 Å². The van der Waals surface area contributed by atoms with E-state index in [1.165, 1.54) is 75.7 Å². The second-order valence-electron chi connectivity index (χ2n) is 12.0. The van der Waals surface area contributed by atoms with E-state index in [-0.39, 0.29) is 0 Å². The third-order valence-corrected chi connectivity index (χ3v) is 12.8. The van der Waals surface area contributed by atoms with Crippen molar-refractivity contribution in [3.63, 3.8) is 0 Å². The van der Waals surface area contributed by atoms with Crippen molar-refractivity contribution in [3.05, 3.63) is 158 Å². The lowest BCUT2D eigenvalue weighted by atomic mass is 9.91. The van der Waals surface area contributed by atoms with E-state index in [9.17, 15) is 0 Å². The molecule has 0 atom stereocenters. The summed E-state index contributed by atoms with van der Waals surface area (Å²) in [5.41, 5.74) is 5.19.